The number of aromatic nitrogens is 2. The van der Waals surface area contributed by atoms with Gasteiger partial charge in [0.2, 0.25) is 0 Å². The number of likely N-dealkylation sites (N-methyl/N-ethyl adjacent to an activating group) is 1. The van der Waals surface area contributed by atoms with Gasteiger partial charge in [-0.3, -0.25) is 4.79 Å². The zero-order valence-corrected chi connectivity index (χ0v) is 35.6. The smallest absolute Gasteiger partial charge is 0.425 e. The van der Waals surface area contributed by atoms with Crippen LogP contribution >= 0.6 is 0 Å². The van der Waals surface area contributed by atoms with Crippen LogP contribution < -0.4 is 5.43 Å². The average molecular weight is 796 g/mol. The normalized spacial score (nSPS) is 36.6. The van der Waals surface area contributed by atoms with Crippen LogP contribution in [0.15, 0.2) is 54.5 Å². The SMILES string of the molecule is CC[C@H]1OC(=O)/C(C)=C/[C@H](C)[C@@H](O[C@@H]2O[C@H](C)C[C@H](N(C)C)[C@H]2O)[C@](C)(OC)C[C@@H](C)C(=O)[C@H](C)[C@H]2N(NCCCn3cnc(-c4ccccc4)c3)C(=O)O[C@]12C. The number of esters is 1. The van der Waals surface area contributed by atoms with Crippen LogP contribution in [0.3, 0.4) is 0 Å². The maximum Gasteiger partial charge on any atom is 0.425 e. The number of carbonyl (C=O) groups excluding carboxylic acids is 3. The van der Waals surface area contributed by atoms with Gasteiger partial charge in [0, 0.05) is 61.3 Å². The molecule has 2 aromatic rings. The zero-order valence-electron chi connectivity index (χ0n) is 35.6. The Morgan fingerprint density at radius 3 is 2.44 bits per heavy atom. The number of fused-ring (bicyclic) bond motifs is 1. The quantitative estimate of drug-likeness (QED) is 0.222. The molecule has 3 aliphatic heterocycles. The number of aliphatic hydroxyl groups is 1. The highest BCUT2D eigenvalue weighted by Crippen LogP contribution is 2.42. The zero-order chi connectivity index (χ0) is 41.8. The molecule has 5 rings (SSSR count). The first-order chi connectivity index (χ1) is 26.9. The summed E-state index contributed by atoms with van der Waals surface area (Å²) in [5, 5.41) is 12.9. The molecule has 2 N–H and O–H groups in total. The van der Waals surface area contributed by atoms with Crippen molar-refractivity contribution in [3.63, 3.8) is 0 Å². The maximum atomic E-state index is 14.7. The molecular formula is C43H65N5O9. The van der Waals surface area contributed by atoms with Gasteiger partial charge in [-0.15, -0.1) is 0 Å². The number of ether oxygens (including phenoxy) is 5. The summed E-state index contributed by atoms with van der Waals surface area (Å²) in [7, 11) is 5.40. The number of aliphatic hydroxyl groups excluding tert-OH is 1. The number of rotatable bonds is 11. The summed E-state index contributed by atoms with van der Waals surface area (Å²) in [5.41, 5.74) is 3.06. The molecule has 1 aromatic heterocycles. The van der Waals surface area contributed by atoms with Crippen molar-refractivity contribution in [2.75, 3.05) is 27.7 Å². The molecule has 14 heteroatoms. The lowest BCUT2D eigenvalue weighted by atomic mass is 9.74. The van der Waals surface area contributed by atoms with E-state index in [1.54, 1.807) is 40.3 Å². The van der Waals surface area contributed by atoms with Crippen molar-refractivity contribution in [2.24, 2.45) is 17.8 Å². The van der Waals surface area contributed by atoms with Gasteiger partial charge in [0.1, 0.15) is 24.0 Å². The van der Waals surface area contributed by atoms with Gasteiger partial charge >= 0.3 is 12.1 Å². The van der Waals surface area contributed by atoms with Crippen LogP contribution in [0.25, 0.3) is 11.3 Å². The second-order valence-corrected chi connectivity index (χ2v) is 16.9. The molecule has 0 aliphatic carbocycles. The van der Waals surface area contributed by atoms with Crippen molar-refractivity contribution in [3.05, 3.63) is 54.5 Å². The Labute approximate surface area is 338 Å². The van der Waals surface area contributed by atoms with E-state index in [9.17, 15) is 19.5 Å². The van der Waals surface area contributed by atoms with E-state index in [2.05, 4.69) is 10.4 Å². The number of nitrogens with zero attached hydrogens (tertiary/aromatic N) is 4. The molecule has 2 saturated heterocycles. The van der Waals surface area contributed by atoms with E-state index in [1.165, 1.54) is 5.01 Å². The number of ketones is 1. The van der Waals surface area contributed by atoms with E-state index >= 15 is 0 Å². The fourth-order valence-electron chi connectivity index (χ4n) is 9.14. The molecule has 0 bridgehead atoms. The highest BCUT2D eigenvalue weighted by Gasteiger charge is 2.60. The van der Waals surface area contributed by atoms with Crippen LogP contribution in [-0.4, -0.2) is 124 Å². The standard InChI is InChI=1S/C43H65N5O9/c1-12-34-43(8)37(48(41(52)57-43)45-19-16-20-47-24-32(44-25-47)31-17-14-13-15-18-31)30(6)35(49)28(4)23-42(7,53-11)38(26(2)21-27(3)39(51)55-34)56-40-36(50)33(46(9)10)22-29(5)54-40/h13-15,17-18,21,24-26,28-30,33-34,36-38,40,45,50H,12,16,19-20,22-23H2,1-11H3/b27-21+/t26-,28+,29+,30-,33-,34+,36+,37+,38+,40-,42+,43+/m0/s1. The van der Waals surface area contributed by atoms with E-state index in [0.29, 0.717) is 37.9 Å². The monoisotopic (exact) mass is 795 g/mol. The summed E-state index contributed by atoms with van der Waals surface area (Å²) in [4.78, 5) is 48.9. The van der Waals surface area contributed by atoms with E-state index in [-0.39, 0.29) is 24.3 Å². The number of hydrogen-bond donors (Lipinski definition) is 2. The topological polar surface area (TPSA) is 154 Å². The summed E-state index contributed by atoms with van der Waals surface area (Å²) < 4.78 is 33.5. The lowest BCUT2D eigenvalue weighted by Gasteiger charge is -2.46. The Kier molecular flexibility index (Phi) is 14.4. The maximum absolute atomic E-state index is 14.7. The number of nitrogens with one attached hydrogen (secondary N) is 1. The minimum absolute atomic E-state index is 0.113. The number of imidazole rings is 1. The minimum Gasteiger partial charge on any atom is -0.455 e. The molecule has 1 aromatic carbocycles. The lowest BCUT2D eigenvalue weighted by Crippen LogP contribution is -2.60. The van der Waals surface area contributed by atoms with Crippen molar-refractivity contribution >= 4 is 17.8 Å². The van der Waals surface area contributed by atoms with E-state index in [1.807, 2.05) is 94.7 Å². The third kappa shape index (κ3) is 9.63. The number of aryl methyl sites for hydroxylation is 1. The van der Waals surface area contributed by atoms with Gasteiger partial charge in [0.15, 0.2) is 11.9 Å². The van der Waals surface area contributed by atoms with Gasteiger partial charge < -0.3 is 38.3 Å². The first-order valence-corrected chi connectivity index (χ1v) is 20.4. The van der Waals surface area contributed by atoms with Gasteiger partial charge in [-0.1, -0.05) is 64.1 Å². The summed E-state index contributed by atoms with van der Waals surface area (Å²) >= 11 is 0. The number of hydrazine groups is 1. The van der Waals surface area contributed by atoms with E-state index < -0.39 is 71.7 Å². The second-order valence-electron chi connectivity index (χ2n) is 16.9. The average Bonchev–Trinajstić information content (AvgIpc) is 3.75. The number of benzene rings is 1. The van der Waals surface area contributed by atoms with Gasteiger partial charge in [-0.25, -0.2) is 25.0 Å². The molecule has 1 amide bonds. The molecule has 4 heterocycles. The van der Waals surface area contributed by atoms with Gasteiger partial charge in [-0.05, 0) is 67.5 Å². The molecule has 14 nitrogen and oxygen atoms in total. The van der Waals surface area contributed by atoms with Gasteiger partial charge in [0.25, 0.3) is 0 Å². The van der Waals surface area contributed by atoms with E-state index in [0.717, 1.165) is 11.3 Å². The van der Waals surface area contributed by atoms with Crippen molar-refractivity contribution < 1.29 is 43.2 Å². The van der Waals surface area contributed by atoms with Crippen LogP contribution in [0.4, 0.5) is 4.79 Å². The Balaban J connectivity index is 1.42. The van der Waals surface area contributed by atoms with E-state index in [4.69, 9.17) is 23.7 Å². The van der Waals surface area contributed by atoms with Crippen LogP contribution in [0.5, 0.6) is 0 Å². The number of amides is 1. The largest absolute Gasteiger partial charge is 0.455 e. The van der Waals surface area contributed by atoms with Crippen molar-refractivity contribution in [2.45, 2.75) is 142 Å². The molecule has 12 atom stereocenters. The molecule has 0 saturated carbocycles. The molecule has 3 aliphatic rings. The lowest BCUT2D eigenvalue weighted by molar-refractivity contribution is -0.294. The Morgan fingerprint density at radius 1 is 1.09 bits per heavy atom. The van der Waals surface area contributed by atoms with Crippen molar-refractivity contribution in [1.29, 1.82) is 0 Å². The minimum atomic E-state index is -1.36. The highest BCUT2D eigenvalue weighted by molar-refractivity contribution is 5.88. The van der Waals surface area contributed by atoms with Crippen molar-refractivity contribution in [3.8, 4) is 11.3 Å². The summed E-state index contributed by atoms with van der Waals surface area (Å²) in [5.74, 6) is -2.45. The van der Waals surface area contributed by atoms with Crippen LogP contribution in [0.1, 0.15) is 81.1 Å². The highest BCUT2D eigenvalue weighted by atomic mass is 16.7. The van der Waals surface area contributed by atoms with Crippen LogP contribution in [0.2, 0.25) is 0 Å². The fourth-order valence-corrected chi connectivity index (χ4v) is 9.14. The number of Topliss-reactive ketones (excluding diaryl/α,β-unsaturated/α-hetero) is 1. The van der Waals surface area contributed by atoms with Crippen LogP contribution in [-0.2, 0) is 39.8 Å². The van der Waals surface area contributed by atoms with Gasteiger partial charge in [-0.2, -0.15) is 0 Å². The Hall–Kier alpha value is -3.66. The predicted molar refractivity (Wildman–Crippen MR) is 215 cm³/mol. The molecule has 2 fully saturated rings. The number of cyclic esters (lactones) is 1. The third-order valence-corrected chi connectivity index (χ3v) is 12.3. The molecule has 0 unspecified atom stereocenters. The Bertz CT molecular complexity index is 1720. The predicted octanol–water partition coefficient (Wildman–Crippen LogP) is 5.39. The van der Waals surface area contributed by atoms with Crippen LogP contribution in [0, 0.1) is 17.8 Å². The first kappa shape index (κ1) is 44.4. The molecule has 0 spiro atoms. The summed E-state index contributed by atoms with van der Waals surface area (Å²) in [6.45, 7) is 15.7. The second kappa shape index (κ2) is 18.5. The molecule has 316 valence electrons. The third-order valence-electron chi connectivity index (χ3n) is 12.3. The molecular weight excluding hydrogens is 730 g/mol. The summed E-state index contributed by atoms with van der Waals surface area (Å²) in [6, 6.07) is 8.92. The van der Waals surface area contributed by atoms with Crippen molar-refractivity contribution in [1.82, 2.24) is 24.9 Å². The number of methoxy groups -OCH3 is 1. The molecule has 57 heavy (non-hydrogen) atoms. The first-order valence-electron chi connectivity index (χ1n) is 20.4. The Morgan fingerprint density at radius 2 is 1.79 bits per heavy atom. The summed E-state index contributed by atoms with van der Waals surface area (Å²) in [6.07, 6.45) is 3.00. The fraction of sp³-hybridized carbons (Fsp3) is 0.674. The molecule has 0 radical (unpaired) electrons. The number of carbonyl (C=O) groups is 3. The number of hydrogen-bond acceptors (Lipinski definition) is 12. The van der Waals surface area contributed by atoms with Gasteiger partial charge in [0.05, 0.1) is 29.8 Å².